The van der Waals surface area contributed by atoms with E-state index in [0.29, 0.717) is 48.2 Å². The number of unbranched alkanes of at least 4 members (excludes halogenated alkanes) is 1. The minimum atomic E-state index is -0.528. The molecule has 142 valence electrons. The largest absolute Gasteiger partial charge is 0.491 e. The predicted octanol–water partition coefficient (Wildman–Crippen LogP) is 2.17. The van der Waals surface area contributed by atoms with E-state index in [1.54, 1.807) is 19.2 Å². The average Bonchev–Trinajstić information content (AvgIpc) is 2.67. The van der Waals surface area contributed by atoms with E-state index in [1.165, 1.54) is 4.57 Å². The number of hydrogen-bond acceptors (Lipinski definition) is 6. The molecule has 2 amide bonds. The maximum absolute atomic E-state index is 12.4. The molecule has 0 aliphatic carbocycles. The van der Waals surface area contributed by atoms with Crippen molar-refractivity contribution in [3.05, 3.63) is 52.3 Å². The molecule has 27 heavy (non-hydrogen) atoms. The Morgan fingerprint density at radius 1 is 1.37 bits per heavy atom. The fourth-order valence-electron chi connectivity index (χ4n) is 2.45. The quantitative estimate of drug-likeness (QED) is 0.307. The van der Waals surface area contributed by atoms with Crippen LogP contribution in [0.25, 0.3) is 10.9 Å². The van der Waals surface area contributed by atoms with Crippen LogP contribution in [-0.4, -0.2) is 26.7 Å². The number of ether oxygens (including phenoxy) is 1. The zero-order valence-electron chi connectivity index (χ0n) is 15.2. The van der Waals surface area contributed by atoms with Crippen LogP contribution in [0.1, 0.15) is 32.0 Å². The SMILES string of the molecule is C/C(=C\CCCC(=S)C(=O)NC=O)OCc1nc2ccccc2c(=O)n1C. The normalized spacial score (nSPS) is 11.3. The summed E-state index contributed by atoms with van der Waals surface area (Å²) in [5, 5.41) is 2.59. The zero-order valence-corrected chi connectivity index (χ0v) is 16.0. The average molecular weight is 387 g/mol. The lowest BCUT2D eigenvalue weighted by molar-refractivity contribution is -0.120. The fourth-order valence-corrected chi connectivity index (χ4v) is 2.65. The second kappa shape index (κ2) is 9.72. The number of aromatic nitrogens is 2. The first-order valence-corrected chi connectivity index (χ1v) is 8.86. The molecule has 0 saturated carbocycles. The minimum Gasteiger partial charge on any atom is -0.491 e. The third-order valence-electron chi connectivity index (χ3n) is 3.99. The molecule has 1 aromatic heterocycles. The van der Waals surface area contributed by atoms with Crippen molar-refractivity contribution in [1.82, 2.24) is 14.9 Å². The number of benzene rings is 1. The molecular formula is C19H21N3O4S. The van der Waals surface area contributed by atoms with Crippen LogP contribution in [0.2, 0.25) is 0 Å². The number of carbonyl (C=O) groups is 2. The summed E-state index contributed by atoms with van der Waals surface area (Å²) in [5.41, 5.74) is 0.533. The van der Waals surface area contributed by atoms with Crippen LogP contribution < -0.4 is 10.9 Å². The summed E-state index contributed by atoms with van der Waals surface area (Å²) in [6.07, 6.45) is 3.96. The van der Waals surface area contributed by atoms with Gasteiger partial charge in [0.25, 0.3) is 11.5 Å². The number of fused-ring (bicyclic) bond motifs is 1. The van der Waals surface area contributed by atoms with Gasteiger partial charge in [0.1, 0.15) is 12.4 Å². The van der Waals surface area contributed by atoms with Crippen molar-refractivity contribution in [3.63, 3.8) is 0 Å². The van der Waals surface area contributed by atoms with E-state index < -0.39 is 5.91 Å². The number of para-hydroxylation sites is 1. The van der Waals surface area contributed by atoms with Gasteiger partial charge in [-0.25, -0.2) is 4.98 Å². The van der Waals surface area contributed by atoms with Crippen LogP contribution >= 0.6 is 12.2 Å². The lowest BCUT2D eigenvalue weighted by Gasteiger charge is -2.11. The van der Waals surface area contributed by atoms with Crippen LogP contribution in [-0.2, 0) is 28.0 Å². The van der Waals surface area contributed by atoms with Crippen LogP contribution in [0.4, 0.5) is 0 Å². The van der Waals surface area contributed by atoms with E-state index in [-0.39, 0.29) is 17.0 Å². The van der Waals surface area contributed by atoms with Gasteiger partial charge < -0.3 is 4.74 Å². The first-order valence-electron chi connectivity index (χ1n) is 8.45. The highest BCUT2D eigenvalue weighted by Crippen LogP contribution is 2.10. The first-order chi connectivity index (χ1) is 12.9. The van der Waals surface area contributed by atoms with Crippen molar-refractivity contribution in [3.8, 4) is 0 Å². The van der Waals surface area contributed by atoms with E-state index in [9.17, 15) is 14.4 Å². The molecule has 0 saturated heterocycles. The third-order valence-corrected chi connectivity index (χ3v) is 4.38. The number of nitrogens with one attached hydrogen (secondary N) is 1. The number of rotatable bonds is 9. The van der Waals surface area contributed by atoms with Gasteiger partial charge in [0.2, 0.25) is 6.41 Å². The summed E-state index contributed by atoms with van der Waals surface area (Å²) in [6, 6.07) is 7.19. The van der Waals surface area contributed by atoms with E-state index in [2.05, 4.69) is 4.98 Å². The monoisotopic (exact) mass is 387 g/mol. The highest BCUT2D eigenvalue weighted by Gasteiger charge is 2.09. The molecule has 2 rings (SSSR count). The lowest BCUT2D eigenvalue weighted by Crippen LogP contribution is -2.28. The highest BCUT2D eigenvalue weighted by atomic mass is 32.1. The smallest absolute Gasteiger partial charge is 0.264 e. The molecule has 0 radical (unpaired) electrons. The van der Waals surface area contributed by atoms with Crippen molar-refractivity contribution < 1.29 is 14.3 Å². The standard InChI is InChI=1S/C19H21N3O4S/c1-13(7-3-6-10-16(27)18(24)20-12-23)26-11-17-21-15-9-5-4-8-14(15)19(25)22(17)2/h4-5,7-9,12H,3,6,10-11H2,1-2H3,(H,20,23,24)/b13-7+. The Bertz CT molecular complexity index is 950. The minimum absolute atomic E-state index is 0.108. The molecule has 7 nitrogen and oxygen atoms in total. The Kier molecular flexibility index (Phi) is 7.36. The molecule has 8 heteroatoms. The maximum atomic E-state index is 12.4. The number of thiocarbonyl (C=S) groups is 1. The van der Waals surface area contributed by atoms with E-state index in [4.69, 9.17) is 17.0 Å². The van der Waals surface area contributed by atoms with Gasteiger partial charge in [0, 0.05) is 7.05 Å². The molecule has 0 fully saturated rings. The predicted molar refractivity (Wildman–Crippen MR) is 106 cm³/mol. The zero-order chi connectivity index (χ0) is 19.8. The Balaban J connectivity index is 1.90. The number of amides is 2. The van der Waals surface area contributed by atoms with Gasteiger partial charge in [0.05, 0.1) is 21.5 Å². The third kappa shape index (κ3) is 5.55. The van der Waals surface area contributed by atoms with Gasteiger partial charge in [-0.05, 0) is 44.4 Å². The molecule has 1 N–H and O–H groups in total. The van der Waals surface area contributed by atoms with E-state index in [0.717, 1.165) is 0 Å². The van der Waals surface area contributed by atoms with Gasteiger partial charge in [-0.3, -0.25) is 24.3 Å². The summed E-state index contributed by atoms with van der Waals surface area (Å²) in [4.78, 5) is 38.6. The number of hydrogen-bond donors (Lipinski definition) is 1. The molecule has 2 aromatic rings. The lowest BCUT2D eigenvalue weighted by atomic mass is 10.1. The van der Waals surface area contributed by atoms with Crippen LogP contribution in [0.15, 0.2) is 40.9 Å². The summed E-state index contributed by atoms with van der Waals surface area (Å²) < 4.78 is 7.17. The highest BCUT2D eigenvalue weighted by molar-refractivity contribution is 7.82. The molecule has 1 aromatic carbocycles. The maximum Gasteiger partial charge on any atom is 0.264 e. The Morgan fingerprint density at radius 3 is 2.85 bits per heavy atom. The molecule has 0 spiro atoms. The summed E-state index contributed by atoms with van der Waals surface area (Å²) in [6.45, 7) is 2.00. The Hall–Kier alpha value is -2.87. The number of imide groups is 1. The van der Waals surface area contributed by atoms with Gasteiger partial charge in [0.15, 0.2) is 0 Å². The topological polar surface area (TPSA) is 90.3 Å². The van der Waals surface area contributed by atoms with Crippen molar-refractivity contribution >= 4 is 40.3 Å². The summed E-state index contributed by atoms with van der Waals surface area (Å²) in [7, 11) is 1.67. The molecule has 0 bridgehead atoms. The van der Waals surface area contributed by atoms with E-state index >= 15 is 0 Å². The Labute approximate surface area is 162 Å². The van der Waals surface area contributed by atoms with Gasteiger partial charge in [-0.2, -0.15) is 0 Å². The van der Waals surface area contributed by atoms with Crippen molar-refractivity contribution in [2.24, 2.45) is 7.05 Å². The molecule has 0 aliphatic rings. The molecule has 0 aliphatic heterocycles. The van der Waals surface area contributed by atoms with E-state index in [1.807, 2.05) is 30.4 Å². The number of carbonyl (C=O) groups excluding carboxylic acids is 2. The second-order valence-corrected chi connectivity index (χ2v) is 6.41. The Morgan fingerprint density at radius 2 is 2.11 bits per heavy atom. The molecule has 0 atom stereocenters. The van der Waals surface area contributed by atoms with Gasteiger partial charge >= 0.3 is 0 Å². The van der Waals surface area contributed by atoms with Crippen LogP contribution in [0.3, 0.4) is 0 Å². The molecule has 1 heterocycles. The number of allylic oxidation sites excluding steroid dienone is 2. The molecule has 0 unspecified atom stereocenters. The molecular weight excluding hydrogens is 366 g/mol. The van der Waals surface area contributed by atoms with Crippen molar-refractivity contribution in [1.29, 1.82) is 0 Å². The van der Waals surface area contributed by atoms with Gasteiger partial charge in [-0.1, -0.05) is 24.4 Å². The van der Waals surface area contributed by atoms with Crippen molar-refractivity contribution in [2.75, 3.05) is 0 Å². The summed E-state index contributed by atoms with van der Waals surface area (Å²) in [5.74, 6) is 0.707. The first kappa shape index (κ1) is 20.4. The van der Waals surface area contributed by atoms with Gasteiger partial charge in [-0.15, -0.1) is 0 Å². The fraction of sp³-hybridized carbons (Fsp3) is 0.316. The number of nitrogens with zero attached hydrogens (tertiary/aromatic N) is 2. The van der Waals surface area contributed by atoms with Crippen molar-refractivity contribution in [2.45, 2.75) is 32.8 Å². The second-order valence-electron chi connectivity index (χ2n) is 5.92. The van der Waals surface area contributed by atoms with Crippen LogP contribution in [0, 0.1) is 0 Å². The van der Waals surface area contributed by atoms with Crippen LogP contribution in [0.5, 0.6) is 0 Å². The summed E-state index contributed by atoms with van der Waals surface area (Å²) >= 11 is 4.94.